The van der Waals surface area contributed by atoms with Gasteiger partial charge in [0, 0.05) is 0 Å². The summed E-state index contributed by atoms with van der Waals surface area (Å²) in [5.41, 5.74) is -1.53. The lowest BCUT2D eigenvalue weighted by Gasteiger charge is -2.37. The quantitative estimate of drug-likeness (QED) is 0.415. The van der Waals surface area contributed by atoms with Crippen LogP contribution >= 0.6 is 9.03 Å². The second kappa shape index (κ2) is 10.00. The van der Waals surface area contributed by atoms with Crippen LogP contribution in [-0.2, 0) is 18.5 Å². The van der Waals surface area contributed by atoms with Crippen molar-refractivity contribution in [2.75, 3.05) is 39.6 Å². The first-order chi connectivity index (χ1) is 8.81. The van der Waals surface area contributed by atoms with Crippen LogP contribution in [-0.4, -0.2) is 61.1 Å². The van der Waals surface area contributed by atoms with Crippen LogP contribution in [0.3, 0.4) is 0 Å². The minimum Gasteiger partial charge on any atom is -0.394 e. The molecule has 7 heteroatoms. The van der Waals surface area contributed by atoms with Crippen molar-refractivity contribution in [1.29, 1.82) is 0 Å². The molecule has 0 fully saturated rings. The molecule has 0 bridgehead atoms. The molecule has 0 spiro atoms. The number of hydrogen-bond acceptors (Lipinski definition) is 6. The first-order valence-electron chi connectivity index (χ1n) is 6.35. The third-order valence-electron chi connectivity index (χ3n) is 2.80. The van der Waals surface area contributed by atoms with Crippen LogP contribution in [0.1, 0.15) is 27.7 Å². The summed E-state index contributed by atoms with van der Waals surface area (Å²) in [5, 5.41) is 18.3. The fraction of sp³-hybridized carbons (Fsp3) is 1.00. The van der Waals surface area contributed by atoms with Crippen LogP contribution in [0.5, 0.6) is 0 Å². The summed E-state index contributed by atoms with van der Waals surface area (Å²) in [6.07, 6.45) is 0. The molecule has 2 N–H and O–H groups in total. The zero-order valence-electron chi connectivity index (χ0n) is 12.3. The molecule has 0 aliphatic rings. The molecule has 0 saturated heterocycles. The zero-order valence-corrected chi connectivity index (χ0v) is 13.3. The number of ether oxygens (including phenoxy) is 2. The van der Waals surface area contributed by atoms with Gasteiger partial charge in [-0.1, -0.05) is 0 Å². The van der Waals surface area contributed by atoms with Gasteiger partial charge in [-0.15, -0.1) is 0 Å². The van der Waals surface area contributed by atoms with Gasteiger partial charge in [-0.2, -0.15) is 0 Å². The maximum Gasteiger partial charge on any atom is 0.155 e. The van der Waals surface area contributed by atoms with Crippen molar-refractivity contribution in [2.24, 2.45) is 0 Å². The summed E-state index contributed by atoms with van der Waals surface area (Å²) in [6, 6.07) is 0. The predicted molar refractivity (Wildman–Crippen MR) is 74.5 cm³/mol. The molecule has 0 rings (SSSR count). The van der Waals surface area contributed by atoms with Gasteiger partial charge in [-0.25, -0.2) is 0 Å². The third-order valence-corrected chi connectivity index (χ3v) is 3.45. The Labute approximate surface area is 117 Å². The van der Waals surface area contributed by atoms with Gasteiger partial charge >= 0.3 is 0 Å². The number of rotatable bonds is 12. The average molecular weight is 298 g/mol. The van der Waals surface area contributed by atoms with Crippen molar-refractivity contribution in [3.63, 3.8) is 0 Å². The summed E-state index contributed by atoms with van der Waals surface area (Å²) >= 11 is 0. The Kier molecular flexibility index (Phi) is 10.1. The van der Waals surface area contributed by atoms with Gasteiger partial charge in [-0.3, -0.25) is 0 Å². The second-order valence-electron chi connectivity index (χ2n) is 5.03. The Morgan fingerprint density at radius 2 is 1.47 bits per heavy atom. The molecule has 0 aromatic heterocycles. The van der Waals surface area contributed by atoms with Crippen LogP contribution in [0.25, 0.3) is 0 Å². The van der Waals surface area contributed by atoms with E-state index in [0.717, 1.165) is 0 Å². The Morgan fingerprint density at radius 1 is 0.895 bits per heavy atom. The summed E-state index contributed by atoms with van der Waals surface area (Å²) in [7, 11) is -0.0609. The number of aliphatic hydroxyl groups excluding tert-OH is 1. The lowest BCUT2D eigenvalue weighted by molar-refractivity contribution is -0.150. The van der Waals surface area contributed by atoms with Gasteiger partial charge in [0.1, 0.15) is 0 Å². The van der Waals surface area contributed by atoms with Crippen molar-refractivity contribution in [2.45, 2.75) is 38.9 Å². The highest BCUT2D eigenvalue weighted by Crippen LogP contribution is 2.25. The highest BCUT2D eigenvalue weighted by Gasteiger charge is 2.35. The maximum absolute atomic E-state index is 9.87. The van der Waals surface area contributed by atoms with Gasteiger partial charge < -0.3 is 28.7 Å². The van der Waals surface area contributed by atoms with Gasteiger partial charge in [0.05, 0.1) is 50.8 Å². The predicted octanol–water partition coefficient (Wildman–Crippen LogP) is 1.10. The van der Waals surface area contributed by atoms with E-state index >= 15 is 0 Å². The molecule has 0 aliphatic heterocycles. The second-order valence-corrected chi connectivity index (χ2v) is 5.78. The zero-order chi connectivity index (χ0) is 14.8. The molecule has 0 heterocycles. The minimum atomic E-state index is -0.907. The van der Waals surface area contributed by atoms with E-state index in [1.54, 1.807) is 13.8 Å². The highest BCUT2D eigenvalue weighted by molar-refractivity contribution is 7.26. The van der Waals surface area contributed by atoms with Crippen LogP contribution in [0.15, 0.2) is 0 Å². The first-order valence-corrected chi connectivity index (χ1v) is 7.16. The fourth-order valence-corrected chi connectivity index (χ4v) is 1.32. The van der Waals surface area contributed by atoms with E-state index in [0.29, 0.717) is 33.0 Å². The highest BCUT2D eigenvalue weighted by atomic mass is 31.1. The molecule has 0 aromatic rings. The summed E-state index contributed by atoms with van der Waals surface area (Å²) in [6.45, 7) is 9.14. The molecule has 1 atom stereocenters. The lowest BCUT2D eigenvalue weighted by Crippen LogP contribution is -2.47. The van der Waals surface area contributed by atoms with Crippen molar-refractivity contribution in [3.8, 4) is 0 Å². The SMILES string of the molecule is CC(C)(O)C(C)(C)OCCOPOCCOCCO. The largest absolute Gasteiger partial charge is 0.394 e. The van der Waals surface area contributed by atoms with Gasteiger partial charge in [0.2, 0.25) is 0 Å². The normalized spacial score (nSPS) is 13.6. The smallest absolute Gasteiger partial charge is 0.155 e. The molecule has 116 valence electrons. The molecule has 0 aliphatic carbocycles. The van der Waals surface area contributed by atoms with Crippen LogP contribution in [0, 0.1) is 0 Å². The maximum atomic E-state index is 9.87. The topological polar surface area (TPSA) is 77.4 Å². The molecule has 0 saturated carbocycles. The number of hydrogen-bond donors (Lipinski definition) is 2. The lowest BCUT2D eigenvalue weighted by atomic mass is 9.89. The van der Waals surface area contributed by atoms with E-state index in [1.165, 1.54) is 0 Å². The van der Waals surface area contributed by atoms with Crippen molar-refractivity contribution >= 4 is 9.03 Å². The van der Waals surface area contributed by atoms with E-state index in [9.17, 15) is 5.11 Å². The Hall–Kier alpha value is 0.190. The Bertz CT molecular complexity index is 217. The fourth-order valence-electron chi connectivity index (χ4n) is 0.907. The molecular formula is C12H27O6P. The number of aliphatic hydroxyl groups is 2. The van der Waals surface area contributed by atoms with Crippen molar-refractivity contribution in [1.82, 2.24) is 0 Å². The average Bonchev–Trinajstić information content (AvgIpc) is 2.30. The van der Waals surface area contributed by atoms with E-state index in [2.05, 4.69) is 0 Å². The molecular weight excluding hydrogens is 271 g/mol. The Morgan fingerprint density at radius 3 is 2.00 bits per heavy atom. The summed E-state index contributed by atoms with van der Waals surface area (Å²) in [4.78, 5) is 0. The Balaban J connectivity index is 3.37. The molecule has 19 heavy (non-hydrogen) atoms. The van der Waals surface area contributed by atoms with Crippen LogP contribution in [0.4, 0.5) is 0 Å². The van der Waals surface area contributed by atoms with Gasteiger partial charge in [-0.05, 0) is 27.7 Å². The van der Waals surface area contributed by atoms with Crippen LogP contribution < -0.4 is 0 Å². The van der Waals surface area contributed by atoms with Crippen molar-refractivity contribution < 1.29 is 28.7 Å². The minimum absolute atomic E-state index is 0.0209. The molecule has 0 radical (unpaired) electrons. The van der Waals surface area contributed by atoms with Gasteiger partial charge in [0.15, 0.2) is 9.03 Å². The summed E-state index contributed by atoms with van der Waals surface area (Å²) < 4.78 is 21.0. The van der Waals surface area contributed by atoms with E-state index < -0.39 is 11.2 Å². The molecule has 1 unspecified atom stereocenters. The summed E-state index contributed by atoms with van der Waals surface area (Å²) in [5.74, 6) is 0. The molecule has 0 amide bonds. The first kappa shape index (κ1) is 19.2. The molecule has 0 aromatic carbocycles. The third kappa shape index (κ3) is 9.68. The monoisotopic (exact) mass is 298 g/mol. The van der Waals surface area contributed by atoms with Gasteiger partial charge in [0.25, 0.3) is 0 Å². The van der Waals surface area contributed by atoms with E-state index in [1.807, 2.05) is 13.8 Å². The van der Waals surface area contributed by atoms with E-state index in [4.69, 9.17) is 23.6 Å². The molecule has 6 nitrogen and oxygen atoms in total. The van der Waals surface area contributed by atoms with Crippen molar-refractivity contribution in [3.05, 3.63) is 0 Å². The standard InChI is InChI=1S/C12H27O6P/c1-11(2,14)12(3,4)16-8-10-18-19-17-9-7-15-6-5-13/h13-14,19H,5-10H2,1-4H3. The van der Waals surface area contributed by atoms with E-state index in [-0.39, 0.29) is 15.6 Å². The van der Waals surface area contributed by atoms with Crippen LogP contribution in [0.2, 0.25) is 0 Å².